The summed E-state index contributed by atoms with van der Waals surface area (Å²) in [6.45, 7) is 4.83. The van der Waals surface area contributed by atoms with Crippen LogP contribution >= 0.6 is 0 Å². The summed E-state index contributed by atoms with van der Waals surface area (Å²) in [5.74, 6) is 0.882. The quantitative estimate of drug-likeness (QED) is 0.800. The zero-order valence-corrected chi connectivity index (χ0v) is 12.1. The van der Waals surface area contributed by atoms with Crippen LogP contribution in [0.1, 0.15) is 51.9 Å². The summed E-state index contributed by atoms with van der Waals surface area (Å²) < 4.78 is 5.67. The lowest BCUT2D eigenvalue weighted by molar-refractivity contribution is -0.124. The highest BCUT2D eigenvalue weighted by molar-refractivity contribution is 5.81. The number of hydrogen-bond acceptors (Lipinski definition) is 3. The summed E-state index contributed by atoms with van der Waals surface area (Å²) >= 11 is 0. The van der Waals surface area contributed by atoms with Gasteiger partial charge in [-0.1, -0.05) is 13.3 Å². The van der Waals surface area contributed by atoms with Gasteiger partial charge in [0.2, 0.25) is 5.91 Å². The Morgan fingerprint density at radius 1 is 1.37 bits per heavy atom. The molecule has 0 spiro atoms. The first-order valence-corrected chi connectivity index (χ1v) is 7.92. The Bertz CT molecular complexity index is 277. The first-order valence-electron chi connectivity index (χ1n) is 7.92. The normalized spacial score (nSPS) is 31.9. The summed E-state index contributed by atoms with van der Waals surface area (Å²) in [5.41, 5.74) is 0. The summed E-state index contributed by atoms with van der Waals surface area (Å²) in [4.78, 5) is 12.1. The number of nitrogens with one attached hydrogen (secondary N) is 2. The lowest BCUT2D eigenvalue weighted by atomic mass is 9.90. The third-order valence-corrected chi connectivity index (χ3v) is 4.45. The summed E-state index contributed by atoms with van der Waals surface area (Å²) in [6.07, 6.45) is 8.29. The standard InChI is InChI=1S/C15H28N2O2/c1-2-12-6-8-16-14(11-12)15(18)17-9-7-13-5-3-4-10-19-13/h12-14,16H,2-11H2,1H3,(H,17,18). The van der Waals surface area contributed by atoms with Crippen LogP contribution in [0.4, 0.5) is 0 Å². The molecule has 4 nitrogen and oxygen atoms in total. The lowest BCUT2D eigenvalue weighted by Gasteiger charge is -2.29. The van der Waals surface area contributed by atoms with E-state index in [0.717, 1.165) is 39.0 Å². The van der Waals surface area contributed by atoms with Crippen LogP contribution in [-0.2, 0) is 9.53 Å². The number of rotatable bonds is 5. The first kappa shape index (κ1) is 14.8. The summed E-state index contributed by atoms with van der Waals surface area (Å²) in [7, 11) is 0. The van der Waals surface area contributed by atoms with Gasteiger partial charge in [0.1, 0.15) is 0 Å². The van der Waals surface area contributed by atoms with Gasteiger partial charge < -0.3 is 15.4 Å². The van der Waals surface area contributed by atoms with Crippen molar-refractivity contribution in [3.8, 4) is 0 Å². The molecule has 3 unspecified atom stereocenters. The Morgan fingerprint density at radius 3 is 3.00 bits per heavy atom. The van der Waals surface area contributed by atoms with Crippen LogP contribution in [0.5, 0.6) is 0 Å². The van der Waals surface area contributed by atoms with E-state index in [-0.39, 0.29) is 11.9 Å². The molecule has 0 radical (unpaired) electrons. The SMILES string of the molecule is CCC1CCNC(C(=O)NCCC2CCCCO2)C1. The lowest BCUT2D eigenvalue weighted by Crippen LogP contribution is -2.49. The van der Waals surface area contributed by atoms with Crippen LogP contribution in [0, 0.1) is 5.92 Å². The molecule has 0 bridgehead atoms. The molecule has 19 heavy (non-hydrogen) atoms. The van der Waals surface area contributed by atoms with Gasteiger partial charge in [0.05, 0.1) is 12.1 Å². The van der Waals surface area contributed by atoms with E-state index in [4.69, 9.17) is 4.74 Å². The van der Waals surface area contributed by atoms with Gasteiger partial charge in [0, 0.05) is 13.2 Å². The van der Waals surface area contributed by atoms with E-state index in [1.807, 2.05) is 0 Å². The molecule has 0 saturated carbocycles. The van der Waals surface area contributed by atoms with Crippen LogP contribution in [0.2, 0.25) is 0 Å². The van der Waals surface area contributed by atoms with Crippen LogP contribution in [-0.4, -0.2) is 37.7 Å². The maximum absolute atomic E-state index is 12.1. The van der Waals surface area contributed by atoms with Gasteiger partial charge in [0.25, 0.3) is 0 Å². The molecule has 0 aromatic rings. The monoisotopic (exact) mass is 268 g/mol. The van der Waals surface area contributed by atoms with Crippen molar-refractivity contribution in [3.05, 3.63) is 0 Å². The average molecular weight is 268 g/mol. The van der Waals surface area contributed by atoms with E-state index in [1.165, 1.54) is 25.7 Å². The molecule has 2 heterocycles. The summed E-state index contributed by atoms with van der Waals surface area (Å²) in [5, 5.41) is 6.39. The molecule has 2 N–H and O–H groups in total. The van der Waals surface area contributed by atoms with E-state index in [0.29, 0.717) is 12.0 Å². The molecular formula is C15H28N2O2. The largest absolute Gasteiger partial charge is 0.378 e. The summed E-state index contributed by atoms with van der Waals surface area (Å²) in [6, 6.07) is 0.0194. The molecule has 110 valence electrons. The molecule has 4 heteroatoms. The Hall–Kier alpha value is -0.610. The van der Waals surface area contributed by atoms with Gasteiger partial charge in [-0.2, -0.15) is 0 Å². The Labute approximate surface area is 116 Å². The van der Waals surface area contributed by atoms with Crippen molar-refractivity contribution >= 4 is 5.91 Å². The molecule has 2 fully saturated rings. The number of amides is 1. The molecule has 2 saturated heterocycles. The van der Waals surface area contributed by atoms with Crippen LogP contribution in [0.15, 0.2) is 0 Å². The maximum Gasteiger partial charge on any atom is 0.237 e. The van der Waals surface area contributed by atoms with Crippen LogP contribution in [0.25, 0.3) is 0 Å². The van der Waals surface area contributed by atoms with Crippen molar-refractivity contribution in [1.29, 1.82) is 0 Å². The molecular weight excluding hydrogens is 240 g/mol. The highest BCUT2D eigenvalue weighted by Gasteiger charge is 2.25. The van der Waals surface area contributed by atoms with Crippen molar-refractivity contribution in [3.63, 3.8) is 0 Å². The Kier molecular flexibility index (Phi) is 6.11. The first-order chi connectivity index (χ1) is 9.29. The van der Waals surface area contributed by atoms with Gasteiger partial charge in [0.15, 0.2) is 0 Å². The minimum absolute atomic E-state index is 0.0194. The second-order valence-corrected chi connectivity index (χ2v) is 5.87. The smallest absolute Gasteiger partial charge is 0.237 e. The van der Waals surface area contributed by atoms with Gasteiger partial charge in [-0.05, 0) is 51.0 Å². The molecule has 0 aromatic carbocycles. The Balaban J connectivity index is 1.63. The molecule has 2 aliphatic rings. The van der Waals surface area contributed by atoms with Crippen LogP contribution in [0.3, 0.4) is 0 Å². The van der Waals surface area contributed by atoms with Crippen molar-refractivity contribution in [2.45, 2.75) is 64.0 Å². The molecule has 3 atom stereocenters. The van der Waals surface area contributed by atoms with E-state index in [1.54, 1.807) is 0 Å². The third-order valence-electron chi connectivity index (χ3n) is 4.45. The number of ether oxygens (including phenoxy) is 1. The van der Waals surface area contributed by atoms with Crippen molar-refractivity contribution in [2.24, 2.45) is 5.92 Å². The fourth-order valence-electron chi connectivity index (χ4n) is 3.08. The van der Waals surface area contributed by atoms with Gasteiger partial charge in [-0.25, -0.2) is 0 Å². The van der Waals surface area contributed by atoms with E-state index in [9.17, 15) is 4.79 Å². The molecule has 2 aliphatic heterocycles. The van der Waals surface area contributed by atoms with Gasteiger partial charge >= 0.3 is 0 Å². The Morgan fingerprint density at radius 2 is 2.26 bits per heavy atom. The number of piperidine rings is 1. The number of hydrogen-bond donors (Lipinski definition) is 2. The number of carbonyl (C=O) groups is 1. The van der Waals surface area contributed by atoms with Gasteiger partial charge in [-0.3, -0.25) is 4.79 Å². The van der Waals surface area contributed by atoms with Crippen molar-refractivity contribution < 1.29 is 9.53 Å². The van der Waals surface area contributed by atoms with Crippen LogP contribution < -0.4 is 10.6 Å². The minimum Gasteiger partial charge on any atom is -0.378 e. The molecule has 0 aliphatic carbocycles. The predicted molar refractivity (Wildman–Crippen MR) is 76.0 cm³/mol. The molecule has 0 aromatic heterocycles. The fourth-order valence-corrected chi connectivity index (χ4v) is 3.08. The predicted octanol–water partition coefficient (Wildman–Crippen LogP) is 1.84. The zero-order chi connectivity index (χ0) is 13.5. The minimum atomic E-state index is 0.0194. The number of carbonyl (C=O) groups excluding carboxylic acids is 1. The highest BCUT2D eigenvalue weighted by atomic mass is 16.5. The second-order valence-electron chi connectivity index (χ2n) is 5.87. The van der Waals surface area contributed by atoms with Crippen molar-refractivity contribution in [1.82, 2.24) is 10.6 Å². The van der Waals surface area contributed by atoms with E-state index >= 15 is 0 Å². The van der Waals surface area contributed by atoms with Crippen molar-refractivity contribution in [2.75, 3.05) is 19.7 Å². The zero-order valence-electron chi connectivity index (χ0n) is 12.1. The average Bonchev–Trinajstić information content (AvgIpc) is 2.48. The fraction of sp³-hybridized carbons (Fsp3) is 0.933. The van der Waals surface area contributed by atoms with E-state index < -0.39 is 0 Å². The highest BCUT2D eigenvalue weighted by Crippen LogP contribution is 2.19. The third kappa shape index (κ3) is 4.77. The van der Waals surface area contributed by atoms with Gasteiger partial charge in [-0.15, -0.1) is 0 Å². The maximum atomic E-state index is 12.1. The molecule has 2 rings (SSSR count). The topological polar surface area (TPSA) is 50.4 Å². The van der Waals surface area contributed by atoms with E-state index in [2.05, 4.69) is 17.6 Å². The second kappa shape index (κ2) is 7.85. The molecule has 1 amide bonds.